The average Bonchev–Trinajstić information content (AvgIpc) is 2.45. The fourth-order valence-corrected chi connectivity index (χ4v) is 1.60. The molecule has 21 heavy (non-hydrogen) atoms. The highest BCUT2D eigenvalue weighted by Gasteiger charge is 2.22. The zero-order chi connectivity index (χ0) is 16.0. The molecule has 0 bridgehead atoms. The minimum absolute atomic E-state index is 0.0115. The third-order valence-electron chi connectivity index (χ3n) is 2.64. The molecule has 0 heterocycles. The fraction of sp³-hybridized carbons (Fsp3) is 0.231. The van der Waals surface area contributed by atoms with Crippen molar-refractivity contribution in [2.75, 3.05) is 7.11 Å². The Morgan fingerprint density at radius 3 is 2.71 bits per heavy atom. The predicted octanol–water partition coefficient (Wildman–Crippen LogP) is 1.36. The van der Waals surface area contributed by atoms with E-state index < -0.39 is 22.8 Å². The van der Waals surface area contributed by atoms with Crippen LogP contribution in [0.25, 0.3) is 0 Å². The number of nitrogens with one attached hydrogen (secondary N) is 1. The van der Waals surface area contributed by atoms with E-state index in [1.165, 1.54) is 25.3 Å². The molecule has 0 aliphatic carbocycles. The molecular formula is C13H14N2O6. The Balaban J connectivity index is 3.02. The molecule has 0 aromatic heterocycles. The number of ether oxygens (including phenoxy) is 1. The molecule has 8 heteroatoms. The fourth-order valence-electron chi connectivity index (χ4n) is 1.60. The molecule has 0 aliphatic rings. The van der Waals surface area contributed by atoms with Gasteiger partial charge >= 0.3 is 11.7 Å². The van der Waals surface area contributed by atoms with E-state index in [4.69, 9.17) is 9.84 Å². The van der Waals surface area contributed by atoms with Crippen LogP contribution in [0.5, 0.6) is 5.75 Å². The van der Waals surface area contributed by atoms with Gasteiger partial charge in [0.15, 0.2) is 5.75 Å². The predicted molar refractivity (Wildman–Crippen MR) is 73.4 cm³/mol. The summed E-state index contributed by atoms with van der Waals surface area (Å²) in [6, 6.07) is 2.47. The van der Waals surface area contributed by atoms with Crippen LogP contribution in [0.3, 0.4) is 0 Å². The number of hydrogen-bond donors (Lipinski definition) is 2. The van der Waals surface area contributed by atoms with Crippen molar-refractivity contribution in [1.29, 1.82) is 0 Å². The number of rotatable bonds is 7. The first-order chi connectivity index (χ1) is 9.90. The Bertz CT molecular complexity index is 584. The standard InChI is InChI=1S/C13H14N2O6/c1-3-4-9(13(17)18)14-12(16)8-5-6-11(21-2)10(7-8)15(19)20/h3,5-7,9H,1,4H2,2H3,(H,14,16)(H,17,18). The molecule has 0 saturated carbocycles. The smallest absolute Gasteiger partial charge is 0.326 e. The van der Waals surface area contributed by atoms with Gasteiger partial charge in [-0.15, -0.1) is 6.58 Å². The summed E-state index contributed by atoms with van der Waals surface area (Å²) in [6.07, 6.45) is 1.40. The Labute approximate surface area is 120 Å². The molecule has 1 amide bonds. The lowest BCUT2D eigenvalue weighted by Gasteiger charge is -2.12. The number of benzene rings is 1. The van der Waals surface area contributed by atoms with Crippen LogP contribution in [-0.4, -0.2) is 35.1 Å². The first kappa shape index (κ1) is 16.2. The summed E-state index contributed by atoms with van der Waals surface area (Å²) in [7, 11) is 1.27. The van der Waals surface area contributed by atoms with Crippen LogP contribution in [0.4, 0.5) is 5.69 Å². The normalized spacial score (nSPS) is 11.3. The van der Waals surface area contributed by atoms with Gasteiger partial charge in [-0.3, -0.25) is 14.9 Å². The van der Waals surface area contributed by atoms with Gasteiger partial charge in [0.05, 0.1) is 12.0 Å². The van der Waals surface area contributed by atoms with E-state index in [0.717, 1.165) is 6.07 Å². The van der Waals surface area contributed by atoms with Crippen LogP contribution in [0.1, 0.15) is 16.8 Å². The lowest BCUT2D eigenvalue weighted by Crippen LogP contribution is -2.40. The summed E-state index contributed by atoms with van der Waals surface area (Å²) in [4.78, 5) is 33.1. The molecule has 0 fully saturated rings. The molecule has 0 radical (unpaired) electrons. The summed E-state index contributed by atoms with van der Waals surface area (Å²) < 4.78 is 4.82. The highest BCUT2D eigenvalue weighted by molar-refractivity contribution is 5.97. The highest BCUT2D eigenvalue weighted by Crippen LogP contribution is 2.27. The molecule has 1 aromatic rings. The van der Waals surface area contributed by atoms with Crippen molar-refractivity contribution in [2.24, 2.45) is 0 Å². The number of carbonyl (C=O) groups is 2. The molecule has 0 saturated heterocycles. The van der Waals surface area contributed by atoms with Crippen molar-refractivity contribution in [3.8, 4) is 5.75 Å². The third kappa shape index (κ3) is 4.03. The lowest BCUT2D eigenvalue weighted by atomic mass is 10.1. The zero-order valence-corrected chi connectivity index (χ0v) is 11.2. The Hall–Kier alpha value is -2.90. The molecule has 0 spiro atoms. The van der Waals surface area contributed by atoms with E-state index in [2.05, 4.69) is 11.9 Å². The molecule has 1 unspecified atom stereocenters. The maximum atomic E-state index is 11.9. The van der Waals surface area contributed by atoms with Crippen molar-refractivity contribution >= 4 is 17.6 Å². The summed E-state index contributed by atoms with van der Waals surface area (Å²) >= 11 is 0. The zero-order valence-electron chi connectivity index (χ0n) is 11.2. The number of carboxylic acid groups (broad SMARTS) is 1. The second-order valence-corrected chi connectivity index (χ2v) is 4.03. The van der Waals surface area contributed by atoms with Crippen LogP contribution in [0, 0.1) is 10.1 Å². The van der Waals surface area contributed by atoms with E-state index in [-0.39, 0.29) is 23.4 Å². The van der Waals surface area contributed by atoms with Gasteiger partial charge in [0.2, 0.25) is 0 Å². The van der Waals surface area contributed by atoms with Crippen LogP contribution in [0.15, 0.2) is 30.9 Å². The number of methoxy groups -OCH3 is 1. The number of aliphatic carboxylic acids is 1. The topological polar surface area (TPSA) is 119 Å². The molecule has 2 N–H and O–H groups in total. The van der Waals surface area contributed by atoms with Crippen LogP contribution >= 0.6 is 0 Å². The molecule has 1 aromatic carbocycles. The van der Waals surface area contributed by atoms with E-state index in [1.807, 2.05) is 0 Å². The number of carbonyl (C=O) groups excluding carboxylic acids is 1. The van der Waals surface area contributed by atoms with Crippen molar-refractivity contribution < 1.29 is 24.4 Å². The number of carboxylic acids is 1. The van der Waals surface area contributed by atoms with Gasteiger partial charge in [0, 0.05) is 11.6 Å². The Morgan fingerprint density at radius 1 is 1.57 bits per heavy atom. The summed E-state index contributed by atoms with van der Waals surface area (Å²) in [5.41, 5.74) is -0.404. The van der Waals surface area contributed by atoms with Gasteiger partial charge in [-0.25, -0.2) is 4.79 Å². The van der Waals surface area contributed by atoms with Gasteiger partial charge in [0.1, 0.15) is 6.04 Å². The van der Waals surface area contributed by atoms with Gasteiger partial charge in [0.25, 0.3) is 5.91 Å². The maximum Gasteiger partial charge on any atom is 0.326 e. The van der Waals surface area contributed by atoms with Crippen LogP contribution < -0.4 is 10.1 Å². The van der Waals surface area contributed by atoms with E-state index in [0.29, 0.717) is 0 Å². The van der Waals surface area contributed by atoms with E-state index in [1.54, 1.807) is 0 Å². The lowest BCUT2D eigenvalue weighted by molar-refractivity contribution is -0.385. The minimum atomic E-state index is -1.22. The maximum absolute atomic E-state index is 11.9. The van der Waals surface area contributed by atoms with E-state index >= 15 is 0 Å². The van der Waals surface area contributed by atoms with Gasteiger partial charge < -0.3 is 15.2 Å². The molecule has 1 atom stereocenters. The number of nitro groups is 1. The molecule has 8 nitrogen and oxygen atoms in total. The van der Waals surface area contributed by atoms with Crippen molar-refractivity contribution in [2.45, 2.75) is 12.5 Å². The Morgan fingerprint density at radius 2 is 2.24 bits per heavy atom. The van der Waals surface area contributed by atoms with Gasteiger partial charge in [-0.2, -0.15) is 0 Å². The quantitative estimate of drug-likeness (QED) is 0.445. The van der Waals surface area contributed by atoms with Gasteiger partial charge in [-0.1, -0.05) is 6.08 Å². The van der Waals surface area contributed by atoms with E-state index in [9.17, 15) is 19.7 Å². The van der Waals surface area contributed by atoms with Crippen molar-refractivity contribution in [1.82, 2.24) is 5.32 Å². The van der Waals surface area contributed by atoms with Crippen LogP contribution in [0.2, 0.25) is 0 Å². The van der Waals surface area contributed by atoms with Crippen LogP contribution in [-0.2, 0) is 4.79 Å². The highest BCUT2D eigenvalue weighted by atomic mass is 16.6. The minimum Gasteiger partial charge on any atom is -0.490 e. The SMILES string of the molecule is C=CCC(NC(=O)c1ccc(OC)c([N+](=O)[O-])c1)C(=O)O. The molecule has 112 valence electrons. The first-order valence-corrected chi connectivity index (χ1v) is 5.87. The molecule has 1 rings (SSSR count). The largest absolute Gasteiger partial charge is 0.490 e. The molecular weight excluding hydrogens is 280 g/mol. The number of hydrogen-bond acceptors (Lipinski definition) is 5. The number of nitrogens with zero attached hydrogens (tertiary/aromatic N) is 1. The second-order valence-electron chi connectivity index (χ2n) is 4.03. The monoisotopic (exact) mass is 294 g/mol. The third-order valence-corrected chi connectivity index (χ3v) is 2.64. The van der Waals surface area contributed by atoms with Crippen molar-refractivity contribution in [3.63, 3.8) is 0 Å². The number of nitro benzene ring substituents is 1. The Kier molecular flexibility index (Phi) is 5.41. The number of amides is 1. The second kappa shape index (κ2) is 7.04. The van der Waals surface area contributed by atoms with Gasteiger partial charge in [-0.05, 0) is 18.6 Å². The van der Waals surface area contributed by atoms with Crippen molar-refractivity contribution in [3.05, 3.63) is 46.5 Å². The summed E-state index contributed by atoms with van der Waals surface area (Å²) in [5.74, 6) is -1.93. The average molecular weight is 294 g/mol. The summed E-state index contributed by atoms with van der Waals surface area (Å²) in [6.45, 7) is 3.40. The summed E-state index contributed by atoms with van der Waals surface area (Å²) in [5, 5.41) is 22.1. The molecule has 0 aliphatic heterocycles. The first-order valence-electron chi connectivity index (χ1n) is 5.87.